The summed E-state index contributed by atoms with van der Waals surface area (Å²) in [4.78, 5) is 11.0. The maximum atomic E-state index is 11.0. The maximum Gasteiger partial charge on any atom is 0.339 e. The van der Waals surface area contributed by atoms with Crippen molar-refractivity contribution in [3.05, 3.63) is 52.0 Å². The molecule has 0 radical (unpaired) electrons. The SMILES string of the molecule is COc1cc(Nc2ccc(Br)cc2C#N)ccc1C(=O)O. The molecule has 0 amide bonds. The Bertz CT molecular complexity index is 738. The summed E-state index contributed by atoms with van der Waals surface area (Å²) >= 11 is 3.31. The van der Waals surface area contributed by atoms with Crippen LogP contribution in [0.25, 0.3) is 0 Å². The second kappa shape index (κ2) is 6.29. The molecule has 0 saturated heterocycles. The Morgan fingerprint density at radius 1 is 1.33 bits per heavy atom. The minimum atomic E-state index is -1.06. The summed E-state index contributed by atoms with van der Waals surface area (Å²) < 4.78 is 5.88. The summed E-state index contributed by atoms with van der Waals surface area (Å²) in [5.41, 5.74) is 1.83. The van der Waals surface area contributed by atoms with Gasteiger partial charge in [-0.15, -0.1) is 0 Å². The minimum Gasteiger partial charge on any atom is -0.496 e. The molecule has 0 aliphatic carbocycles. The maximum absolute atomic E-state index is 11.0. The smallest absolute Gasteiger partial charge is 0.339 e. The van der Waals surface area contributed by atoms with Gasteiger partial charge in [0.15, 0.2) is 0 Å². The van der Waals surface area contributed by atoms with Crippen molar-refractivity contribution >= 4 is 33.3 Å². The summed E-state index contributed by atoms with van der Waals surface area (Å²) in [6.07, 6.45) is 0. The molecule has 0 atom stereocenters. The molecular formula is C15H11BrN2O3. The highest BCUT2D eigenvalue weighted by atomic mass is 79.9. The molecule has 0 heterocycles. The van der Waals surface area contributed by atoms with Crippen molar-refractivity contribution in [2.75, 3.05) is 12.4 Å². The molecule has 0 bridgehead atoms. The number of nitrogens with one attached hydrogen (secondary N) is 1. The average molecular weight is 347 g/mol. The lowest BCUT2D eigenvalue weighted by Gasteiger charge is -2.11. The lowest BCUT2D eigenvalue weighted by Crippen LogP contribution is -2.01. The van der Waals surface area contributed by atoms with Crippen molar-refractivity contribution in [3.8, 4) is 11.8 Å². The van der Waals surface area contributed by atoms with E-state index in [2.05, 4.69) is 27.3 Å². The molecule has 0 saturated carbocycles. The highest BCUT2D eigenvalue weighted by molar-refractivity contribution is 9.10. The molecule has 5 nitrogen and oxygen atoms in total. The van der Waals surface area contributed by atoms with Crippen LogP contribution in [0.15, 0.2) is 40.9 Å². The Labute approximate surface area is 129 Å². The van der Waals surface area contributed by atoms with Gasteiger partial charge in [-0.2, -0.15) is 5.26 Å². The van der Waals surface area contributed by atoms with E-state index in [9.17, 15) is 4.79 Å². The van der Waals surface area contributed by atoms with Gasteiger partial charge in [-0.1, -0.05) is 15.9 Å². The van der Waals surface area contributed by atoms with Gasteiger partial charge < -0.3 is 15.2 Å². The highest BCUT2D eigenvalue weighted by Gasteiger charge is 2.12. The van der Waals surface area contributed by atoms with Gasteiger partial charge in [0.2, 0.25) is 0 Å². The van der Waals surface area contributed by atoms with Crippen molar-refractivity contribution in [1.82, 2.24) is 0 Å². The van der Waals surface area contributed by atoms with Crippen LogP contribution in [0.4, 0.5) is 11.4 Å². The first-order valence-electron chi connectivity index (χ1n) is 5.93. The first-order valence-corrected chi connectivity index (χ1v) is 6.72. The lowest BCUT2D eigenvalue weighted by molar-refractivity contribution is 0.0693. The molecule has 21 heavy (non-hydrogen) atoms. The number of nitriles is 1. The third-order valence-corrected chi connectivity index (χ3v) is 3.31. The zero-order valence-electron chi connectivity index (χ0n) is 11.1. The zero-order valence-corrected chi connectivity index (χ0v) is 12.6. The molecule has 2 aromatic rings. The van der Waals surface area contributed by atoms with E-state index < -0.39 is 5.97 Å². The molecule has 2 N–H and O–H groups in total. The van der Waals surface area contributed by atoms with Crippen LogP contribution in [0.3, 0.4) is 0 Å². The predicted molar refractivity (Wildman–Crippen MR) is 82.1 cm³/mol. The number of carbonyl (C=O) groups is 1. The third-order valence-electron chi connectivity index (χ3n) is 2.81. The summed E-state index contributed by atoms with van der Waals surface area (Å²) in [7, 11) is 1.41. The van der Waals surface area contributed by atoms with Crippen LogP contribution in [0.5, 0.6) is 5.75 Å². The van der Waals surface area contributed by atoms with E-state index in [0.717, 1.165) is 4.47 Å². The van der Waals surface area contributed by atoms with Crippen LogP contribution in [-0.2, 0) is 0 Å². The van der Waals surface area contributed by atoms with Gasteiger partial charge in [0.05, 0.1) is 18.4 Å². The van der Waals surface area contributed by atoms with E-state index in [1.807, 2.05) is 6.07 Å². The van der Waals surface area contributed by atoms with E-state index in [-0.39, 0.29) is 11.3 Å². The fourth-order valence-corrected chi connectivity index (χ4v) is 2.18. The number of carboxylic acid groups (broad SMARTS) is 1. The molecule has 2 rings (SSSR count). The van der Waals surface area contributed by atoms with Crippen molar-refractivity contribution in [2.45, 2.75) is 0 Å². The topological polar surface area (TPSA) is 82.3 Å². The van der Waals surface area contributed by atoms with Crippen LogP contribution in [0.1, 0.15) is 15.9 Å². The molecule has 0 aliphatic heterocycles. The first kappa shape index (κ1) is 14.9. The largest absolute Gasteiger partial charge is 0.496 e. The Morgan fingerprint density at radius 3 is 2.71 bits per heavy atom. The summed E-state index contributed by atoms with van der Waals surface area (Å²) in [5.74, 6) is -0.803. The van der Waals surface area contributed by atoms with Gasteiger partial charge >= 0.3 is 5.97 Å². The van der Waals surface area contributed by atoms with E-state index in [0.29, 0.717) is 16.9 Å². The fraction of sp³-hybridized carbons (Fsp3) is 0.0667. The second-order valence-electron chi connectivity index (χ2n) is 4.15. The molecule has 0 aromatic heterocycles. The highest BCUT2D eigenvalue weighted by Crippen LogP contribution is 2.28. The quantitative estimate of drug-likeness (QED) is 0.880. The number of aromatic carboxylic acids is 1. The number of ether oxygens (including phenoxy) is 1. The number of nitrogens with zero attached hydrogens (tertiary/aromatic N) is 1. The third kappa shape index (κ3) is 3.33. The second-order valence-corrected chi connectivity index (χ2v) is 5.06. The molecule has 0 unspecified atom stereocenters. The van der Waals surface area contributed by atoms with Crippen LogP contribution < -0.4 is 10.1 Å². The number of benzene rings is 2. The number of methoxy groups -OCH3 is 1. The van der Waals surface area contributed by atoms with E-state index in [4.69, 9.17) is 15.1 Å². The van der Waals surface area contributed by atoms with Crippen LogP contribution in [0, 0.1) is 11.3 Å². The number of rotatable bonds is 4. The normalized spacial score (nSPS) is 9.76. The monoisotopic (exact) mass is 346 g/mol. The predicted octanol–water partition coefficient (Wildman–Crippen LogP) is 3.77. The lowest BCUT2D eigenvalue weighted by atomic mass is 10.1. The number of anilines is 2. The van der Waals surface area contributed by atoms with Crippen molar-refractivity contribution in [3.63, 3.8) is 0 Å². The summed E-state index contributed by atoms with van der Waals surface area (Å²) in [6, 6.07) is 12.0. The molecular weight excluding hydrogens is 336 g/mol. The number of halogens is 1. The molecule has 2 aromatic carbocycles. The van der Waals surface area contributed by atoms with Crippen LogP contribution in [-0.4, -0.2) is 18.2 Å². The van der Waals surface area contributed by atoms with Gasteiger partial charge in [0, 0.05) is 16.2 Å². The Balaban J connectivity index is 2.37. The molecule has 0 spiro atoms. The van der Waals surface area contributed by atoms with Gasteiger partial charge in [-0.05, 0) is 30.3 Å². The van der Waals surface area contributed by atoms with Crippen molar-refractivity contribution in [1.29, 1.82) is 5.26 Å². The standard InChI is InChI=1S/C15H11BrN2O3/c1-21-14-7-11(3-4-12(14)15(19)20)18-13-5-2-10(16)6-9(13)8-17/h2-7,18H,1H3,(H,19,20). The van der Waals surface area contributed by atoms with Gasteiger partial charge in [-0.3, -0.25) is 0 Å². The Kier molecular flexibility index (Phi) is 4.45. The van der Waals surface area contributed by atoms with E-state index in [1.165, 1.54) is 13.2 Å². The summed E-state index contributed by atoms with van der Waals surface area (Å²) in [5, 5.41) is 21.2. The average Bonchev–Trinajstić information content (AvgIpc) is 2.48. The van der Waals surface area contributed by atoms with Crippen LogP contribution in [0.2, 0.25) is 0 Å². The van der Waals surface area contributed by atoms with Crippen LogP contribution >= 0.6 is 15.9 Å². The van der Waals surface area contributed by atoms with Crippen molar-refractivity contribution in [2.24, 2.45) is 0 Å². The Hall–Kier alpha value is -2.52. The number of hydrogen-bond acceptors (Lipinski definition) is 4. The first-order chi connectivity index (χ1) is 10.0. The van der Waals surface area contributed by atoms with Gasteiger partial charge in [-0.25, -0.2) is 4.79 Å². The molecule has 0 fully saturated rings. The van der Waals surface area contributed by atoms with Gasteiger partial charge in [0.1, 0.15) is 17.4 Å². The van der Waals surface area contributed by atoms with E-state index >= 15 is 0 Å². The zero-order chi connectivity index (χ0) is 15.4. The number of carboxylic acids is 1. The van der Waals surface area contributed by atoms with E-state index in [1.54, 1.807) is 24.3 Å². The minimum absolute atomic E-state index is 0.0827. The van der Waals surface area contributed by atoms with Gasteiger partial charge in [0.25, 0.3) is 0 Å². The molecule has 6 heteroatoms. The summed E-state index contributed by atoms with van der Waals surface area (Å²) in [6.45, 7) is 0. The Morgan fingerprint density at radius 2 is 2.10 bits per heavy atom. The fourth-order valence-electron chi connectivity index (χ4n) is 1.82. The van der Waals surface area contributed by atoms with Crippen molar-refractivity contribution < 1.29 is 14.6 Å². The number of hydrogen-bond donors (Lipinski definition) is 2. The molecule has 0 aliphatic rings. The molecule has 106 valence electrons.